The Kier molecular flexibility index (Phi) is 5.98. The molecule has 0 atom stereocenters. The van der Waals surface area contributed by atoms with Crippen LogP contribution in [0.1, 0.15) is 25.3 Å². The number of benzene rings is 1. The molecule has 1 fully saturated rings. The van der Waals surface area contributed by atoms with Crippen LogP contribution < -0.4 is 10.2 Å². The van der Waals surface area contributed by atoms with Gasteiger partial charge in [-0.05, 0) is 36.8 Å². The van der Waals surface area contributed by atoms with Crippen molar-refractivity contribution in [2.45, 2.75) is 26.3 Å². The maximum atomic E-state index is 14.2. The zero-order valence-electron chi connectivity index (χ0n) is 11.6. The highest BCUT2D eigenvalue weighted by Gasteiger charge is 2.17. The average molecular weight is 282 g/mol. The molecule has 0 amide bonds. The molecule has 0 aromatic heterocycles. The van der Waals surface area contributed by atoms with Gasteiger partial charge in [0, 0.05) is 25.4 Å². The number of halogens is 1. The van der Waals surface area contributed by atoms with Crippen molar-refractivity contribution in [2.75, 3.05) is 36.0 Å². The minimum Gasteiger partial charge on any atom is -0.368 e. The molecule has 0 unspecified atom stereocenters. The van der Waals surface area contributed by atoms with E-state index in [0.29, 0.717) is 0 Å². The minimum absolute atomic E-state index is 0.0808. The van der Waals surface area contributed by atoms with Gasteiger partial charge in [-0.15, -0.1) is 0 Å². The summed E-state index contributed by atoms with van der Waals surface area (Å²) in [6.45, 7) is 5.79. The Labute approximate surface area is 119 Å². The largest absolute Gasteiger partial charge is 0.368 e. The van der Waals surface area contributed by atoms with Crippen LogP contribution in [0.15, 0.2) is 18.2 Å². The molecular weight excluding hydrogens is 259 g/mol. The van der Waals surface area contributed by atoms with Crippen LogP contribution in [0.2, 0.25) is 0 Å². The predicted molar refractivity (Wildman–Crippen MR) is 82.6 cm³/mol. The van der Waals surface area contributed by atoms with Gasteiger partial charge in [0.25, 0.3) is 0 Å². The fourth-order valence-corrected chi connectivity index (χ4v) is 3.31. The summed E-state index contributed by atoms with van der Waals surface area (Å²) in [4.78, 5) is 2.22. The second-order valence-corrected chi connectivity index (χ2v) is 6.10. The normalized spacial score (nSPS) is 16.4. The van der Waals surface area contributed by atoms with E-state index < -0.39 is 0 Å². The molecule has 4 heteroatoms. The Morgan fingerprint density at radius 2 is 2.21 bits per heavy atom. The molecule has 1 N–H and O–H groups in total. The topological polar surface area (TPSA) is 15.3 Å². The molecule has 1 aliphatic heterocycles. The van der Waals surface area contributed by atoms with E-state index in [9.17, 15) is 4.39 Å². The number of nitrogens with one attached hydrogen (secondary N) is 1. The minimum atomic E-state index is -0.0808. The summed E-state index contributed by atoms with van der Waals surface area (Å²) in [5, 5.41) is 3.38. The van der Waals surface area contributed by atoms with Gasteiger partial charge in [-0.2, -0.15) is 11.8 Å². The van der Waals surface area contributed by atoms with Crippen LogP contribution in [-0.4, -0.2) is 31.1 Å². The molecule has 1 aliphatic rings. The molecule has 0 radical (unpaired) electrons. The molecule has 1 saturated heterocycles. The molecule has 2 rings (SSSR count). The summed E-state index contributed by atoms with van der Waals surface area (Å²) in [5.41, 5.74) is 1.90. The van der Waals surface area contributed by atoms with Gasteiger partial charge in [-0.1, -0.05) is 19.1 Å². The van der Waals surface area contributed by atoms with E-state index >= 15 is 0 Å². The lowest BCUT2D eigenvalue weighted by atomic mass is 10.1. The van der Waals surface area contributed by atoms with Crippen LogP contribution in [0.3, 0.4) is 0 Å². The molecule has 1 aromatic carbocycles. The zero-order valence-corrected chi connectivity index (χ0v) is 12.4. The Hall–Kier alpha value is -0.740. The standard InChI is InChI=1S/C15H23FN2S/c1-2-7-17-12-13-5-3-6-14(16)15(13)18-8-4-10-19-11-9-18/h3,5-6,17H,2,4,7-12H2,1H3. The van der Waals surface area contributed by atoms with Crippen molar-refractivity contribution in [3.8, 4) is 0 Å². The quantitative estimate of drug-likeness (QED) is 0.835. The molecular formula is C15H23FN2S. The van der Waals surface area contributed by atoms with Crippen LogP contribution in [0.5, 0.6) is 0 Å². The third-order valence-electron chi connectivity index (χ3n) is 3.35. The molecule has 106 valence electrons. The second kappa shape index (κ2) is 7.75. The predicted octanol–water partition coefficient (Wildman–Crippen LogP) is 3.27. The fraction of sp³-hybridized carbons (Fsp3) is 0.600. The van der Waals surface area contributed by atoms with Gasteiger partial charge in [0.05, 0.1) is 5.69 Å². The molecule has 1 heterocycles. The lowest BCUT2D eigenvalue weighted by Gasteiger charge is -2.26. The third kappa shape index (κ3) is 4.11. The Bertz CT molecular complexity index is 390. The average Bonchev–Trinajstić information content (AvgIpc) is 2.68. The molecule has 1 aromatic rings. The number of hydrogen-bond donors (Lipinski definition) is 1. The maximum Gasteiger partial charge on any atom is 0.146 e. The summed E-state index contributed by atoms with van der Waals surface area (Å²) in [6, 6.07) is 5.43. The molecule has 2 nitrogen and oxygen atoms in total. The first-order valence-corrected chi connectivity index (χ1v) is 8.29. The molecule has 0 aliphatic carbocycles. The highest BCUT2D eigenvalue weighted by Crippen LogP contribution is 2.26. The Morgan fingerprint density at radius 1 is 1.32 bits per heavy atom. The summed E-state index contributed by atoms with van der Waals surface area (Å²) < 4.78 is 14.2. The summed E-state index contributed by atoms with van der Waals surface area (Å²) >= 11 is 1.97. The molecule has 0 saturated carbocycles. The van der Waals surface area contributed by atoms with Crippen molar-refractivity contribution < 1.29 is 4.39 Å². The monoisotopic (exact) mass is 282 g/mol. The third-order valence-corrected chi connectivity index (χ3v) is 4.40. The summed E-state index contributed by atoms with van der Waals surface area (Å²) in [6.07, 6.45) is 2.24. The van der Waals surface area contributed by atoms with E-state index in [4.69, 9.17) is 0 Å². The smallest absolute Gasteiger partial charge is 0.146 e. The van der Waals surface area contributed by atoms with Crippen molar-refractivity contribution >= 4 is 17.4 Å². The van der Waals surface area contributed by atoms with Crippen LogP contribution in [0.4, 0.5) is 10.1 Å². The van der Waals surface area contributed by atoms with E-state index in [1.165, 1.54) is 5.75 Å². The molecule has 0 bridgehead atoms. The van der Waals surface area contributed by atoms with Gasteiger partial charge in [-0.25, -0.2) is 4.39 Å². The highest BCUT2D eigenvalue weighted by molar-refractivity contribution is 7.99. The number of nitrogens with zero attached hydrogens (tertiary/aromatic N) is 1. The van der Waals surface area contributed by atoms with Crippen molar-refractivity contribution in [1.82, 2.24) is 5.32 Å². The van der Waals surface area contributed by atoms with E-state index in [1.807, 2.05) is 23.9 Å². The van der Waals surface area contributed by atoms with Gasteiger partial charge in [0.15, 0.2) is 0 Å². The van der Waals surface area contributed by atoms with Crippen molar-refractivity contribution in [1.29, 1.82) is 0 Å². The van der Waals surface area contributed by atoms with E-state index in [-0.39, 0.29) is 5.82 Å². The van der Waals surface area contributed by atoms with Gasteiger partial charge in [0.2, 0.25) is 0 Å². The molecule has 19 heavy (non-hydrogen) atoms. The van der Waals surface area contributed by atoms with Crippen molar-refractivity contribution in [3.05, 3.63) is 29.6 Å². The highest BCUT2D eigenvalue weighted by atomic mass is 32.2. The first kappa shape index (κ1) is 14.7. The lowest BCUT2D eigenvalue weighted by molar-refractivity contribution is 0.609. The van der Waals surface area contributed by atoms with Gasteiger partial charge < -0.3 is 10.2 Å². The second-order valence-electron chi connectivity index (χ2n) is 4.88. The van der Waals surface area contributed by atoms with Crippen molar-refractivity contribution in [3.63, 3.8) is 0 Å². The summed E-state index contributed by atoms with van der Waals surface area (Å²) in [5.74, 6) is 2.20. The Morgan fingerprint density at radius 3 is 3.05 bits per heavy atom. The number of hydrogen-bond acceptors (Lipinski definition) is 3. The van der Waals surface area contributed by atoms with E-state index in [2.05, 4.69) is 17.1 Å². The van der Waals surface area contributed by atoms with Crippen LogP contribution in [0, 0.1) is 5.82 Å². The Balaban J connectivity index is 2.15. The zero-order chi connectivity index (χ0) is 13.5. The van der Waals surface area contributed by atoms with E-state index in [0.717, 1.165) is 56.0 Å². The van der Waals surface area contributed by atoms with Gasteiger partial charge in [-0.3, -0.25) is 0 Å². The lowest BCUT2D eigenvalue weighted by Crippen LogP contribution is -2.28. The number of thioether (sulfide) groups is 1. The van der Waals surface area contributed by atoms with Crippen LogP contribution in [0.25, 0.3) is 0 Å². The number of rotatable bonds is 5. The van der Waals surface area contributed by atoms with Gasteiger partial charge in [0.1, 0.15) is 5.82 Å². The van der Waals surface area contributed by atoms with E-state index in [1.54, 1.807) is 6.07 Å². The fourth-order valence-electron chi connectivity index (χ4n) is 2.43. The number of para-hydroxylation sites is 1. The van der Waals surface area contributed by atoms with Crippen LogP contribution >= 0.6 is 11.8 Å². The number of anilines is 1. The SMILES string of the molecule is CCCNCc1cccc(F)c1N1CCCSCC1. The maximum absolute atomic E-state index is 14.2. The first-order chi connectivity index (χ1) is 9.33. The van der Waals surface area contributed by atoms with Crippen molar-refractivity contribution in [2.24, 2.45) is 0 Å². The first-order valence-electron chi connectivity index (χ1n) is 7.13. The summed E-state index contributed by atoms with van der Waals surface area (Å²) in [7, 11) is 0. The van der Waals surface area contributed by atoms with Crippen LogP contribution in [-0.2, 0) is 6.54 Å². The van der Waals surface area contributed by atoms with Gasteiger partial charge >= 0.3 is 0 Å². The molecule has 0 spiro atoms.